The molecule has 0 bridgehead atoms. The minimum atomic E-state index is 0.0962. The molecule has 80 valence electrons. The Kier molecular flexibility index (Phi) is 3.36. The van der Waals surface area contributed by atoms with Crippen LogP contribution < -0.4 is 5.32 Å². The van der Waals surface area contributed by atoms with E-state index >= 15 is 0 Å². The average molecular weight is 202 g/mol. The first-order valence-electron chi connectivity index (χ1n) is 5.27. The van der Waals surface area contributed by atoms with Crippen LogP contribution in [-0.4, -0.2) is 5.54 Å². The van der Waals surface area contributed by atoms with E-state index in [4.69, 9.17) is 5.26 Å². The highest BCUT2D eigenvalue weighted by Crippen LogP contribution is 2.22. The lowest BCUT2D eigenvalue weighted by Crippen LogP contribution is -2.29. The van der Waals surface area contributed by atoms with Crippen molar-refractivity contribution < 1.29 is 0 Å². The SMILES string of the molecule is CCC(C)(C)Nc1ccc(C#N)cc1C. The Morgan fingerprint density at radius 3 is 2.53 bits per heavy atom. The minimum absolute atomic E-state index is 0.0962. The third kappa shape index (κ3) is 2.99. The smallest absolute Gasteiger partial charge is 0.0991 e. The quantitative estimate of drug-likeness (QED) is 0.814. The summed E-state index contributed by atoms with van der Waals surface area (Å²) in [6.07, 6.45) is 1.06. The molecule has 0 saturated heterocycles. The summed E-state index contributed by atoms with van der Waals surface area (Å²) in [7, 11) is 0. The van der Waals surface area contributed by atoms with Crippen molar-refractivity contribution >= 4 is 5.69 Å². The van der Waals surface area contributed by atoms with Gasteiger partial charge in [-0.2, -0.15) is 5.26 Å². The summed E-state index contributed by atoms with van der Waals surface area (Å²) in [5, 5.41) is 12.2. The number of nitriles is 1. The summed E-state index contributed by atoms with van der Waals surface area (Å²) in [5.41, 5.74) is 3.04. The number of benzene rings is 1. The molecule has 0 aliphatic rings. The molecule has 2 heteroatoms. The predicted octanol–water partition coefficient (Wildman–Crippen LogP) is 3.47. The first kappa shape index (κ1) is 11.6. The van der Waals surface area contributed by atoms with Crippen molar-refractivity contribution in [2.24, 2.45) is 0 Å². The van der Waals surface area contributed by atoms with Gasteiger partial charge < -0.3 is 5.32 Å². The Morgan fingerprint density at radius 2 is 2.07 bits per heavy atom. The summed E-state index contributed by atoms with van der Waals surface area (Å²) in [4.78, 5) is 0. The van der Waals surface area contributed by atoms with Crippen LogP contribution in [0.25, 0.3) is 0 Å². The molecule has 1 aromatic rings. The Morgan fingerprint density at radius 1 is 1.40 bits per heavy atom. The van der Waals surface area contributed by atoms with Gasteiger partial charge in [-0.25, -0.2) is 0 Å². The van der Waals surface area contributed by atoms with E-state index in [2.05, 4.69) is 32.2 Å². The highest BCUT2D eigenvalue weighted by atomic mass is 15.0. The van der Waals surface area contributed by atoms with Gasteiger partial charge in [0.25, 0.3) is 0 Å². The van der Waals surface area contributed by atoms with E-state index in [0.29, 0.717) is 5.56 Å². The fourth-order valence-electron chi connectivity index (χ4n) is 1.33. The second kappa shape index (κ2) is 4.35. The van der Waals surface area contributed by atoms with Gasteiger partial charge in [0.15, 0.2) is 0 Å². The fraction of sp³-hybridized carbons (Fsp3) is 0.462. The van der Waals surface area contributed by atoms with Gasteiger partial charge in [0, 0.05) is 11.2 Å². The molecule has 15 heavy (non-hydrogen) atoms. The van der Waals surface area contributed by atoms with Crippen LogP contribution in [0.15, 0.2) is 18.2 Å². The van der Waals surface area contributed by atoms with Crippen molar-refractivity contribution in [3.05, 3.63) is 29.3 Å². The van der Waals surface area contributed by atoms with Crippen LogP contribution in [0.1, 0.15) is 38.3 Å². The van der Waals surface area contributed by atoms with Crippen LogP contribution >= 0.6 is 0 Å². The lowest BCUT2D eigenvalue weighted by atomic mass is 10.0. The fourth-order valence-corrected chi connectivity index (χ4v) is 1.33. The normalized spacial score (nSPS) is 10.9. The lowest BCUT2D eigenvalue weighted by molar-refractivity contribution is 0.547. The molecule has 0 aromatic heterocycles. The van der Waals surface area contributed by atoms with E-state index in [9.17, 15) is 0 Å². The monoisotopic (exact) mass is 202 g/mol. The molecule has 0 heterocycles. The average Bonchev–Trinajstić information content (AvgIpc) is 2.21. The van der Waals surface area contributed by atoms with E-state index in [1.165, 1.54) is 0 Å². The van der Waals surface area contributed by atoms with Crippen molar-refractivity contribution in [1.82, 2.24) is 0 Å². The third-order valence-corrected chi connectivity index (χ3v) is 2.71. The largest absolute Gasteiger partial charge is 0.380 e. The molecular weight excluding hydrogens is 184 g/mol. The van der Waals surface area contributed by atoms with Crippen LogP contribution in [0.5, 0.6) is 0 Å². The van der Waals surface area contributed by atoms with Gasteiger partial charge in [-0.3, -0.25) is 0 Å². The van der Waals surface area contributed by atoms with Crippen molar-refractivity contribution in [2.45, 2.75) is 39.7 Å². The predicted molar refractivity (Wildman–Crippen MR) is 63.9 cm³/mol. The van der Waals surface area contributed by atoms with Crippen LogP contribution in [-0.2, 0) is 0 Å². The molecule has 2 nitrogen and oxygen atoms in total. The molecule has 0 fully saturated rings. The molecule has 0 amide bonds. The number of hydrogen-bond donors (Lipinski definition) is 1. The molecule has 1 rings (SSSR count). The van der Waals surface area contributed by atoms with E-state index in [1.807, 2.05) is 25.1 Å². The molecule has 0 aliphatic carbocycles. The second-order valence-electron chi connectivity index (χ2n) is 4.50. The Labute approximate surface area is 91.9 Å². The van der Waals surface area contributed by atoms with Gasteiger partial charge in [-0.1, -0.05) is 6.92 Å². The maximum absolute atomic E-state index is 8.76. The van der Waals surface area contributed by atoms with Crippen LogP contribution in [0.2, 0.25) is 0 Å². The second-order valence-corrected chi connectivity index (χ2v) is 4.50. The van der Waals surface area contributed by atoms with E-state index < -0.39 is 0 Å². The first-order valence-corrected chi connectivity index (χ1v) is 5.27. The standard InChI is InChI=1S/C13H18N2/c1-5-13(3,4)15-12-7-6-11(9-14)8-10(12)2/h6-8,15H,5H2,1-4H3. The van der Waals surface area contributed by atoms with Gasteiger partial charge in [0.1, 0.15) is 0 Å². The highest BCUT2D eigenvalue weighted by Gasteiger charge is 2.15. The summed E-state index contributed by atoms with van der Waals surface area (Å²) in [5.74, 6) is 0. The van der Waals surface area contributed by atoms with Crippen molar-refractivity contribution in [2.75, 3.05) is 5.32 Å². The van der Waals surface area contributed by atoms with Gasteiger partial charge in [0.05, 0.1) is 11.6 Å². The Balaban J connectivity index is 2.93. The minimum Gasteiger partial charge on any atom is -0.380 e. The van der Waals surface area contributed by atoms with Gasteiger partial charge >= 0.3 is 0 Å². The zero-order chi connectivity index (χ0) is 11.5. The summed E-state index contributed by atoms with van der Waals surface area (Å²) in [6.45, 7) is 8.52. The lowest BCUT2D eigenvalue weighted by Gasteiger charge is -2.27. The van der Waals surface area contributed by atoms with Gasteiger partial charge in [-0.15, -0.1) is 0 Å². The topological polar surface area (TPSA) is 35.8 Å². The summed E-state index contributed by atoms with van der Waals surface area (Å²) in [6, 6.07) is 7.88. The van der Waals surface area contributed by atoms with E-state index in [0.717, 1.165) is 17.7 Å². The van der Waals surface area contributed by atoms with Crippen LogP contribution in [0.3, 0.4) is 0 Å². The molecular formula is C13H18N2. The van der Waals surface area contributed by atoms with Gasteiger partial charge in [-0.05, 0) is 51.0 Å². The number of nitrogens with zero attached hydrogens (tertiary/aromatic N) is 1. The molecule has 1 N–H and O–H groups in total. The highest BCUT2D eigenvalue weighted by molar-refractivity contribution is 5.55. The molecule has 0 saturated carbocycles. The number of hydrogen-bond acceptors (Lipinski definition) is 2. The Hall–Kier alpha value is -1.49. The molecule has 0 unspecified atom stereocenters. The zero-order valence-corrected chi connectivity index (χ0v) is 9.89. The number of rotatable bonds is 3. The Bertz CT molecular complexity index is 386. The van der Waals surface area contributed by atoms with E-state index in [1.54, 1.807) is 0 Å². The van der Waals surface area contributed by atoms with Crippen LogP contribution in [0.4, 0.5) is 5.69 Å². The van der Waals surface area contributed by atoms with Crippen molar-refractivity contribution in [1.29, 1.82) is 5.26 Å². The molecule has 0 spiro atoms. The molecule has 0 aliphatic heterocycles. The number of nitrogens with one attached hydrogen (secondary N) is 1. The third-order valence-electron chi connectivity index (χ3n) is 2.71. The number of aryl methyl sites for hydroxylation is 1. The maximum Gasteiger partial charge on any atom is 0.0991 e. The molecule has 1 aromatic carbocycles. The first-order chi connectivity index (χ1) is 6.98. The maximum atomic E-state index is 8.76. The summed E-state index contributed by atoms with van der Waals surface area (Å²) >= 11 is 0. The van der Waals surface area contributed by atoms with Crippen molar-refractivity contribution in [3.63, 3.8) is 0 Å². The number of anilines is 1. The van der Waals surface area contributed by atoms with E-state index in [-0.39, 0.29) is 5.54 Å². The van der Waals surface area contributed by atoms with Gasteiger partial charge in [0.2, 0.25) is 0 Å². The zero-order valence-electron chi connectivity index (χ0n) is 9.89. The summed E-state index contributed by atoms with van der Waals surface area (Å²) < 4.78 is 0. The molecule has 0 atom stereocenters. The van der Waals surface area contributed by atoms with Crippen LogP contribution in [0, 0.1) is 18.3 Å². The van der Waals surface area contributed by atoms with Crippen molar-refractivity contribution in [3.8, 4) is 6.07 Å². The molecule has 0 radical (unpaired) electrons.